The summed E-state index contributed by atoms with van der Waals surface area (Å²) in [7, 11) is 1.63. The maximum absolute atomic E-state index is 13.3. The van der Waals surface area contributed by atoms with Gasteiger partial charge in [0.05, 0.1) is 7.11 Å². The van der Waals surface area contributed by atoms with Crippen LogP contribution in [0.15, 0.2) is 54.6 Å². The molecule has 1 amide bonds. The minimum Gasteiger partial charge on any atom is -0.496 e. The number of nitrogens with zero attached hydrogens (tertiary/aromatic N) is 2. The third-order valence-corrected chi connectivity index (χ3v) is 6.91. The van der Waals surface area contributed by atoms with E-state index >= 15 is 0 Å². The Bertz CT molecular complexity index is 1210. The molecule has 3 aromatic carbocycles. The Labute approximate surface area is 217 Å². The number of carbonyl (C=O) groups is 1. The summed E-state index contributed by atoms with van der Waals surface area (Å²) in [5.41, 5.74) is 4.73. The van der Waals surface area contributed by atoms with E-state index in [4.69, 9.17) is 32.7 Å². The summed E-state index contributed by atoms with van der Waals surface area (Å²) in [5, 5.41) is 1.30. The van der Waals surface area contributed by atoms with Gasteiger partial charge in [0, 0.05) is 53.9 Å². The van der Waals surface area contributed by atoms with Crippen molar-refractivity contribution in [2.75, 3.05) is 33.3 Å². The fourth-order valence-electron chi connectivity index (χ4n) is 4.23. The van der Waals surface area contributed by atoms with Crippen LogP contribution in [0.2, 0.25) is 10.0 Å². The van der Waals surface area contributed by atoms with Crippen molar-refractivity contribution in [3.63, 3.8) is 0 Å². The summed E-state index contributed by atoms with van der Waals surface area (Å²) in [6.07, 6.45) is 0. The smallest absolute Gasteiger partial charge is 0.253 e. The Balaban J connectivity index is 1.40. The van der Waals surface area contributed by atoms with Crippen molar-refractivity contribution in [2.45, 2.75) is 27.0 Å². The van der Waals surface area contributed by atoms with Crippen LogP contribution in [0.5, 0.6) is 11.5 Å². The number of aryl methyl sites for hydroxylation is 2. The SMILES string of the molecule is COc1ccc(C(=O)N2CCN(Cc3ccc(Cl)cc3Cl)CC2)cc1COc1cc(C)ccc1C. The van der Waals surface area contributed by atoms with Gasteiger partial charge in [0.2, 0.25) is 0 Å². The molecule has 1 aliphatic heterocycles. The molecule has 1 saturated heterocycles. The van der Waals surface area contributed by atoms with E-state index in [1.54, 1.807) is 13.2 Å². The predicted octanol–water partition coefficient (Wildman–Crippen LogP) is 6.16. The Morgan fingerprint density at radius 2 is 1.66 bits per heavy atom. The second-order valence-electron chi connectivity index (χ2n) is 8.89. The average molecular weight is 513 g/mol. The summed E-state index contributed by atoms with van der Waals surface area (Å²) in [4.78, 5) is 17.5. The van der Waals surface area contributed by atoms with Crippen molar-refractivity contribution in [3.05, 3.63) is 92.5 Å². The van der Waals surface area contributed by atoms with Crippen LogP contribution in [0, 0.1) is 13.8 Å². The van der Waals surface area contributed by atoms with Crippen LogP contribution in [0.3, 0.4) is 0 Å². The molecule has 0 radical (unpaired) electrons. The third-order valence-electron chi connectivity index (χ3n) is 6.32. The van der Waals surface area contributed by atoms with E-state index in [1.807, 2.05) is 61.2 Å². The maximum Gasteiger partial charge on any atom is 0.253 e. The van der Waals surface area contributed by atoms with Crippen molar-refractivity contribution in [1.29, 1.82) is 0 Å². The van der Waals surface area contributed by atoms with Crippen molar-refractivity contribution in [2.24, 2.45) is 0 Å². The first-order valence-corrected chi connectivity index (χ1v) is 12.4. The minimum absolute atomic E-state index is 0.0183. The van der Waals surface area contributed by atoms with E-state index in [-0.39, 0.29) is 5.91 Å². The third kappa shape index (κ3) is 6.29. The highest BCUT2D eigenvalue weighted by Crippen LogP contribution is 2.26. The van der Waals surface area contributed by atoms with Crippen LogP contribution in [0.25, 0.3) is 0 Å². The predicted molar refractivity (Wildman–Crippen MR) is 141 cm³/mol. The van der Waals surface area contributed by atoms with Crippen LogP contribution in [0.4, 0.5) is 0 Å². The van der Waals surface area contributed by atoms with Gasteiger partial charge in [0.1, 0.15) is 18.1 Å². The number of methoxy groups -OCH3 is 1. The molecule has 4 rings (SSSR count). The lowest BCUT2D eigenvalue weighted by molar-refractivity contribution is 0.0628. The van der Waals surface area contributed by atoms with Gasteiger partial charge in [-0.15, -0.1) is 0 Å². The zero-order chi connectivity index (χ0) is 24.9. The molecule has 0 atom stereocenters. The highest BCUT2D eigenvalue weighted by molar-refractivity contribution is 6.35. The average Bonchev–Trinajstić information content (AvgIpc) is 2.86. The molecule has 0 saturated carbocycles. The van der Waals surface area contributed by atoms with Crippen molar-refractivity contribution in [1.82, 2.24) is 9.80 Å². The molecule has 0 spiro atoms. The van der Waals surface area contributed by atoms with Crippen LogP contribution < -0.4 is 9.47 Å². The lowest BCUT2D eigenvalue weighted by Crippen LogP contribution is -2.48. The minimum atomic E-state index is 0.0183. The Morgan fingerprint density at radius 3 is 2.37 bits per heavy atom. The van der Waals surface area contributed by atoms with Crippen LogP contribution in [-0.2, 0) is 13.2 Å². The molecule has 7 heteroatoms. The molecule has 3 aromatic rings. The zero-order valence-corrected chi connectivity index (χ0v) is 21.8. The van der Waals surface area contributed by atoms with E-state index in [2.05, 4.69) is 11.0 Å². The second kappa shape index (κ2) is 11.3. The Morgan fingerprint density at radius 1 is 0.886 bits per heavy atom. The highest BCUT2D eigenvalue weighted by Gasteiger charge is 2.23. The lowest BCUT2D eigenvalue weighted by Gasteiger charge is -2.35. The molecule has 5 nitrogen and oxygen atoms in total. The fraction of sp³-hybridized carbons (Fsp3) is 0.321. The van der Waals surface area contributed by atoms with Crippen LogP contribution in [-0.4, -0.2) is 49.0 Å². The number of halogens is 2. The van der Waals surface area contributed by atoms with Gasteiger partial charge in [0.25, 0.3) is 5.91 Å². The summed E-state index contributed by atoms with van der Waals surface area (Å²) >= 11 is 12.3. The standard InChI is InChI=1S/C28H30Cl2N2O3/c1-19-4-5-20(2)27(14-19)35-18-23-15-21(7-9-26(23)34-3)28(33)32-12-10-31(11-13-32)17-22-6-8-24(29)16-25(22)30/h4-9,14-16H,10-13,17-18H2,1-3H3. The number of rotatable bonds is 7. The lowest BCUT2D eigenvalue weighted by atomic mass is 10.1. The summed E-state index contributed by atoms with van der Waals surface area (Å²) in [6.45, 7) is 7.99. The molecule has 0 bridgehead atoms. The molecule has 0 aromatic heterocycles. The van der Waals surface area contributed by atoms with E-state index < -0.39 is 0 Å². The molecule has 1 fully saturated rings. The van der Waals surface area contributed by atoms with Crippen molar-refractivity contribution < 1.29 is 14.3 Å². The number of benzene rings is 3. The Hall–Kier alpha value is -2.73. The maximum atomic E-state index is 13.3. The number of piperazine rings is 1. The molecule has 1 heterocycles. The first-order valence-electron chi connectivity index (χ1n) is 11.7. The quantitative estimate of drug-likeness (QED) is 0.380. The zero-order valence-electron chi connectivity index (χ0n) is 20.3. The highest BCUT2D eigenvalue weighted by atomic mass is 35.5. The van der Waals surface area contributed by atoms with Crippen LogP contribution >= 0.6 is 23.2 Å². The van der Waals surface area contributed by atoms with Gasteiger partial charge in [-0.05, 0) is 66.9 Å². The van der Waals surface area contributed by atoms with Crippen molar-refractivity contribution in [3.8, 4) is 11.5 Å². The second-order valence-corrected chi connectivity index (χ2v) is 9.73. The van der Waals surface area contributed by atoms with Gasteiger partial charge in [-0.2, -0.15) is 0 Å². The monoisotopic (exact) mass is 512 g/mol. The molecular weight excluding hydrogens is 483 g/mol. The fourth-order valence-corrected chi connectivity index (χ4v) is 4.69. The number of ether oxygens (including phenoxy) is 2. The summed E-state index contributed by atoms with van der Waals surface area (Å²) in [6, 6.07) is 17.3. The number of hydrogen-bond acceptors (Lipinski definition) is 4. The molecule has 184 valence electrons. The van der Waals surface area contributed by atoms with Crippen LogP contribution in [0.1, 0.15) is 32.6 Å². The van der Waals surface area contributed by atoms with Gasteiger partial charge >= 0.3 is 0 Å². The first-order chi connectivity index (χ1) is 16.8. The Kier molecular flexibility index (Phi) is 8.22. The van der Waals surface area contributed by atoms with Gasteiger partial charge in [0.15, 0.2) is 0 Å². The number of amides is 1. The molecule has 0 aliphatic carbocycles. The number of carbonyl (C=O) groups excluding carboxylic acids is 1. The molecule has 1 aliphatic rings. The van der Waals surface area contributed by atoms with Gasteiger partial charge < -0.3 is 14.4 Å². The molecule has 0 unspecified atom stereocenters. The number of hydrogen-bond donors (Lipinski definition) is 0. The first kappa shape index (κ1) is 25.4. The molecule has 0 N–H and O–H groups in total. The van der Waals surface area contributed by atoms with E-state index in [9.17, 15) is 4.79 Å². The molecule has 35 heavy (non-hydrogen) atoms. The molecular formula is C28H30Cl2N2O3. The van der Waals surface area contributed by atoms with Gasteiger partial charge in [-0.3, -0.25) is 9.69 Å². The largest absolute Gasteiger partial charge is 0.496 e. The van der Waals surface area contributed by atoms with E-state index in [0.717, 1.165) is 47.6 Å². The van der Waals surface area contributed by atoms with Gasteiger partial charge in [-0.1, -0.05) is 41.4 Å². The van der Waals surface area contributed by atoms with E-state index in [1.165, 1.54) is 0 Å². The van der Waals surface area contributed by atoms with Crippen molar-refractivity contribution >= 4 is 29.1 Å². The topological polar surface area (TPSA) is 42.0 Å². The van der Waals surface area contributed by atoms with E-state index in [0.29, 0.717) is 41.1 Å². The summed E-state index contributed by atoms with van der Waals surface area (Å²) in [5.74, 6) is 1.56. The van der Waals surface area contributed by atoms with Gasteiger partial charge in [-0.25, -0.2) is 0 Å². The summed E-state index contributed by atoms with van der Waals surface area (Å²) < 4.78 is 11.6. The normalized spacial score (nSPS) is 14.1.